The summed E-state index contributed by atoms with van der Waals surface area (Å²) in [6, 6.07) is 0.514. The van der Waals surface area contributed by atoms with Crippen molar-refractivity contribution in [3.05, 3.63) is 0 Å². The lowest BCUT2D eigenvalue weighted by Gasteiger charge is -2.15. The van der Waals surface area contributed by atoms with Gasteiger partial charge in [-0.3, -0.25) is 0 Å². The average Bonchev–Trinajstić information content (AvgIpc) is 1.67. The Hall–Kier alpha value is -0.480. The molecule has 46 valence electrons. The molecule has 0 aliphatic rings. The molecule has 0 heterocycles. The molecule has 1 heteroatoms. The Bertz CT molecular complexity index is 89.1. The molecule has 1 atom stereocenters. The zero-order valence-electron chi connectivity index (χ0n) is 5.81. The van der Waals surface area contributed by atoms with Gasteiger partial charge in [0.15, 0.2) is 0 Å². The molecule has 1 unspecified atom stereocenters. The highest BCUT2D eigenvalue weighted by Crippen LogP contribution is 1.94. The SMILES string of the molecule is C#CCC(C)N(C)C. The van der Waals surface area contributed by atoms with Crippen LogP contribution in [-0.2, 0) is 0 Å². The van der Waals surface area contributed by atoms with Gasteiger partial charge in [-0.15, -0.1) is 12.3 Å². The fourth-order valence-corrected chi connectivity index (χ4v) is 0.353. The Morgan fingerprint density at radius 2 is 2.12 bits per heavy atom. The topological polar surface area (TPSA) is 3.24 Å². The number of hydrogen-bond acceptors (Lipinski definition) is 1. The van der Waals surface area contributed by atoms with Crippen molar-refractivity contribution in [2.75, 3.05) is 14.1 Å². The lowest BCUT2D eigenvalue weighted by Crippen LogP contribution is -2.23. The lowest BCUT2D eigenvalue weighted by molar-refractivity contribution is 0.319. The third-order valence-corrected chi connectivity index (χ3v) is 1.29. The highest BCUT2D eigenvalue weighted by molar-refractivity contribution is 4.87. The van der Waals surface area contributed by atoms with E-state index in [1.54, 1.807) is 0 Å². The number of rotatable bonds is 2. The third-order valence-electron chi connectivity index (χ3n) is 1.29. The second-order valence-corrected chi connectivity index (χ2v) is 2.22. The maximum absolute atomic E-state index is 5.09. The van der Waals surface area contributed by atoms with Crippen LogP contribution in [-0.4, -0.2) is 25.0 Å². The van der Waals surface area contributed by atoms with Gasteiger partial charge in [0.1, 0.15) is 0 Å². The monoisotopic (exact) mass is 111 g/mol. The highest BCUT2D eigenvalue weighted by atomic mass is 15.1. The van der Waals surface area contributed by atoms with E-state index in [1.807, 2.05) is 14.1 Å². The van der Waals surface area contributed by atoms with Gasteiger partial charge in [-0.1, -0.05) is 0 Å². The smallest absolute Gasteiger partial charge is 0.0240 e. The van der Waals surface area contributed by atoms with Crippen LogP contribution in [0.1, 0.15) is 13.3 Å². The van der Waals surface area contributed by atoms with Crippen molar-refractivity contribution in [3.63, 3.8) is 0 Å². The minimum atomic E-state index is 0.514. The molecular formula is C7H13N. The maximum Gasteiger partial charge on any atom is 0.0240 e. The van der Waals surface area contributed by atoms with Crippen LogP contribution in [0.5, 0.6) is 0 Å². The zero-order chi connectivity index (χ0) is 6.57. The van der Waals surface area contributed by atoms with Crippen LogP contribution in [0.3, 0.4) is 0 Å². The Labute approximate surface area is 51.7 Å². The van der Waals surface area contributed by atoms with Gasteiger partial charge < -0.3 is 4.90 Å². The molecule has 0 amide bonds. The first-order chi connectivity index (χ1) is 3.68. The van der Waals surface area contributed by atoms with Crippen LogP contribution in [0, 0.1) is 12.3 Å². The van der Waals surface area contributed by atoms with Crippen molar-refractivity contribution in [1.82, 2.24) is 4.90 Å². The van der Waals surface area contributed by atoms with Gasteiger partial charge in [-0.05, 0) is 21.0 Å². The third kappa shape index (κ3) is 2.65. The van der Waals surface area contributed by atoms with Gasteiger partial charge in [0.2, 0.25) is 0 Å². The fourth-order valence-electron chi connectivity index (χ4n) is 0.353. The molecule has 0 bridgehead atoms. The van der Waals surface area contributed by atoms with Crippen LogP contribution in [0.4, 0.5) is 0 Å². The molecule has 0 saturated heterocycles. The van der Waals surface area contributed by atoms with E-state index in [2.05, 4.69) is 17.7 Å². The second kappa shape index (κ2) is 3.51. The molecule has 0 rings (SSSR count). The quantitative estimate of drug-likeness (QED) is 0.480. The van der Waals surface area contributed by atoms with Gasteiger partial charge in [0.25, 0.3) is 0 Å². The molecule has 8 heavy (non-hydrogen) atoms. The van der Waals surface area contributed by atoms with Crippen LogP contribution in [0.2, 0.25) is 0 Å². The van der Waals surface area contributed by atoms with E-state index in [-0.39, 0.29) is 0 Å². The van der Waals surface area contributed by atoms with E-state index in [0.29, 0.717) is 6.04 Å². The molecule has 0 N–H and O–H groups in total. The van der Waals surface area contributed by atoms with Crippen LogP contribution < -0.4 is 0 Å². The molecule has 0 aromatic carbocycles. The molecule has 0 fully saturated rings. The van der Waals surface area contributed by atoms with E-state index in [1.165, 1.54) is 0 Å². The van der Waals surface area contributed by atoms with Crippen molar-refractivity contribution in [3.8, 4) is 12.3 Å². The van der Waals surface area contributed by atoms with Gasteiger partial charge in [-0.25, -0.2) is 0 Å². The van der Waals surface area contributed by atoms with Gasteiger partial charge in [0, 0.05) is 12.5 Å². The van der Waals surface area contributed by atoms with Crippen molar-refractivity contribution >= 4 is 0 Å². The van der Waals surface area contributed by atoms with Gasteiger partial charge in [-0.2, -0.15) is 0 Å². The van der Waals surface area contributed by atoms with E-state index in [4.69, 9.17) is 6.42 Å². The summed E-state index contributed by atoms with van der Waals surface area (Å²) in [5, 5.41) is 0. The molecule has 0 aromatic heterocycles. The van der Waals surface area contributed by atoms with Gasteiger partial charge >= 0.3 is 0 Å². The Morgan fingerprint density at radius 3 is 2.25 bits per heavy atom. The predicted molar refractivity (Wildman–Crippen MR) is 36.6 cm³/mol. The Balaban J connectivity index is 3.35. The van der Waals surface area contributed by atoms with E-state index >= 15 is 0 Å². The molecule has 1 nitrogen and oxygen atoms in total. The summed E-state index contributed by atoms with van der Waals surface area (Å²) in [5.41, 5.74) is 0. The normalized spacial score (nSPS) is 13.4. The van der Waals surface area contributed by atoms with Crippen LogP contribution in [0.25, 0.3) is 0 Å². The zero-order valence-corrected chi connectivity index (χ0v) is 5.81. The maximum atomic E-state index is 5.09. The number of terminal acetylenes is 1. The highest BCUT2D eigenvalue weighted by Gasteiger charge is 1.99. The Kier molecular flexibility index (Phi) is 3.30. The van der Waals surface area contributed by atoms with E-state index in [9.17, 15) is 0 Å². The fraction of sp³-hybridized carbons (Fsp3) is 0.714. The molecule has 0 aromatic rings. The molecule has 0 spiro atoms. The van der Waals surface area contributed by atoms with Crippen LogP contribution in [0.15, 0.2) is 0 Å². The minimum absolute atomic E-state index is 0.514. The first-order valence-corrected chi connectivity index (χ1v) is 2.78. The summed E-state index contributed by atoms with van der Waals surface area (Å²) in [6.07, 6.45) is 5.93. The summed E-state index contributed by atoms with van der Waals surface area (Å²) in [4.78, 5) is 2.11. The molecule has 0 aliphatic carbocycles. The van der Waals surface area contributed by atoms with Crippen molar-refractivity contribution < 1.29 is 0 Å². The van der Waals surface area contributed by atoms with Crippen LogP contribution >= 0.6 is 0 Å². The Morgan fingerprint density at radius 1 is 1.62 bits per heavy atom. The molecular weight excluding hydrogens is 98.1 g/mol. The summed E-state index contributed by atoms with van der Waals surface area (Å²) in [5.74, 6) is 2.61. The molecule has 0 saturated carbocycles. The lowest BCUT2D eigenvalue weighted by atomic mass is 10.2. The molecule has 0 aliphatic heterocycles. The largest absolute Gasteiger partial charge is 0.306 e. The van der Waals surface area contributed by atoms with Crippen molar-refractivity contribution in [2.24, 2.45) is 0 Å². The summed E-state index contributed by atoms with van der Waals surface area (Å²) in [6.45, 7) is 2.11. The summed E-state index contributed by atoms with van der Waals surface area (Å²) >= 11 is 0. The average molecular weight is 111 g/mol. The standard InChI is InChI=1S/C7H13N/c1-5-6-7(2)8(3)4/h1,7H,6H2,2-4H3. The van der Waals surface area contributed by atoms with E-state index in [0.717, 1.165) is 6.42 Å². The number of nitrogens with zero attached hydrogens (tertiary/aromatic N) is 1. The first-order valence-electron chi connectivity index (χ1n) is 2.78. The summed E-state index contributed by atoms with van der Waals surface area (Å²) in [7, 11) is 4.06. The minimum Gasteiger partial charge on any atom is -0.306 e. The predicted octanol–water partition coefficient (Wildman–Crippen LogP) is 0.960. The van der Waals surface area contributed by atoms with Crippen molar-refractivity contribution in [1.29, 1.82) is 0 Å². The van der Waals surface area contributed by atoms with E-state index < -0.39 is 0 Å². The molecule has 0 radical (unpaired) electrons. The first kappa shape index (κ1) is 7.52. The van der Waals surface area contributed by atoms with Crippen molar-refractivity contribution in [2.45, 2.75) is 19.4 Å². The number of hydrogen-bond donors (Lipinski definition) is 0. The second-order valence-electron chi connectivity index (χ2n) is 2.22. The summed E-state index contributed by atoms with van der Waals surface area (Å²) < 4.78 is 0. The van der Waals surface area contributed by atoms with Gasteiger partial charge in [0.05, 0.1) is 0 Å².